The van der Waals surface area contributed by atoms with Gasteiger partial charge in [0.2, 0.25) is 5.91 Å². The SMILES string of the molecule is O=C1COC2(CCN(S(=O)(=O)N3CC=C(c4ccc5cccnc5c4)CC3)CC2)CN1C1CC1. The number of benzene rings is 1. The first-order valence-electron chi connectivity index (χ1n) is 12.2. The van der Waals surface area contributed by atoms with Gasteiger partial charge in [0.25, 0.3) is 10.2 Å². The van der Waals surface area contributed by atoms with Crippen LogP contribution in [-0.4, -0.2) is 83.8 Å². The van der Waals surface area contributed by atoms with Crippen molar-refractivity contribution in [1.82, 2.24) is 18.5 Å². The number of nitrogens with zero attached hydrogens (tertiary/aromatic N) is 4. The van der Waals surface area contributed by atoms with E-state index in [4.69, 9.17) is 4.74 Å². The van der Waals surface area contributed by atoms with Crippen molar-refractivity contribution in [2.45, 2.75) is 43.7 Å². The lowest BCUT2D eigenvalue weighted by molar-refractivity contribution is -0.170. The molecule has 1 saturated carbocycles. The number of rotatable bonds is 4. The zero-order valence-electron chi connectivity index (χ0n) is 19.2. The molecular formula is C25H30N4O4S. The van der Waals surface area contributed by atoms with Gasteiger partial charge >= 0.3 is 0 Å². The number of carbonyl (C=O) groups excluding carboxylic acids is 1. The van der Waals surface area contributed by atoms with E-state index in [9.17, 15) is 13.2 Å². The van der Waals surface area contributed by atoms with E-state index >= 15 is 0 Å². The van der Waals surface area contributed by atoms with E-state index in [1.807, 2.05) is 23.1 Å². The van der Waals surface area contributed by atoms with Crippen LogP contribution in [0.25, 0.3) is 16.5 Å². The number of carbonyl (C=O) groups is 1. The number of ether oxygens (including phenoxy) is 1. The third-order valence-electron chi connectivity index (χ3n) is 7.70. The summed E-state index contributed by atoms with van der Waals surface area (Å²) in [6.45, 7) is 2.42. The molecule has 2 aromatic rings. The number of fused-ring (bicyclic) bond motifs is 1. The first-order valence-corrected chi connectivity index (χ1v) is 13.6. The molecule has 4 heterocycles. The van der Waals surface area contributed by atoms with Crippen molar-refractivity contribution in [3.63, 3.8) is 0 Å². The van der Waals surface area contributed by atoms with Crippen LogP contribution in [0.2, 0.25) is 0 Å². The Hall–Kier alpha value is -2.33. The van der Waals surface area contributed by atoms with Crippen LogP contribution in [0.3, 0.4) is 0 Å². The molecule has 1 aliphatic carbocycles. The van der Waals surface area contributed by atoms with Crippen LogP contribution >= 0.6 is 0 Å². The number of aromatic nitrogens is 1. The third kappa shape index (κ3) is 4.04. The molecule has 0 bridgehead atoms. The van der Waals surface area contributed by atoms with Crippen molar-refractivity contribution < 1.29 is 17.9 Å². The normalized spacial score (nSPS) is 24.5. The second kappa shape index (κ2) is 8.41. The summed E-state index contributed by atoms with van der Waals surface area (Å²) in [7, 11) is -3.54. The van der Waals surface area contributed by atoms with Crippen molar-refractivity contribution in [2.75, 3.05) is 39.3 Å². The fraction of sp³-hybridized carbons (Fsp3) is 0.520. The van der Waals surface area contributed by atoms with Gasteiger partial charge in [0, 0.05) is 43.8 Å². The first kappa shape index (κ1) is 22.2. The molecule has 180 valence electrons. The molecule has 3 aliphatic heterocycles. The number of morpholine rings is 1. The Morgan fingerprint density at radius 1 is 1.06 bits per heavy atom. The van der Waals surface area contributed by atoms with Crippen molar-refractivity contribution in [1.29, 1.82) is 0 Å². The Balaban J connectivity index is 1.11. The van der Waals surface area contributed by atoms with Gasteiger partial charge in [-0.25, -0.2) is 0 Å². The van der Waals surface area contributed by atoms with Crippen LogP contribution in [0, 0.1) is 0 Å². The van der Waals surface area contributed by atoms with Crippen molar-refractivity contribution in [3.8, 4) is 0 Å². The zero-order chi connectivity index (χ0) is 23.3. The Morgan fingerprint density at radius 3 is 2.62 bits per heavy atom. The van der Waals surface area contributed by atoms with Crippen LogP contribution in [0.1, 0.15) is 37.7 Å². The third-order valence-corrected chi connectivity index (χ3v) is 9.71. The fourth-order valence-corrected chi connectivity index (χ4v) is 7.00. The van der Waals surface area contributed by atoms with Gasteiger partial charge in [-0.1, -0.05) is 24.3 Å². The van der Waals surface area contributed by atoms with Gasteiger partial charge in [-0.3, -0.25) is 9.78 Å². The molecule has 0 unspecified atom stereocenters. The smallest absolute Gasteiger partial charge is 0.282 e. The summed E-state index contributed by atoms with van der Waals surface area (Å²) in [5.74, 6) is 0.0706. The molecule has 1 amide bonds. The monoisotopic (exact) mass is 482 g/mol. The number of amides is 1. The van der Waals surface area contributed by atoms with Gasteiger partial charge in [0.05, 0.1) is 17.7 Å². The van der Waals surface area contributed by atoms with E-state index in [0.29, 0.717) is 58.0 Å². The average Bonchev–Trinajstić information content (AvgIpc) is 3.71. The number of hydrogen-bond donors (Lipinski definition) is 0. The summed E-state index contributed by atoms with van der Waals surface area (Å²) < 4.78 is 35.9. The van der Waals surface area contributed by atoms with Crippen molar-refractivity contribution in [3.05, 3.63) is 48.2 Å². The molecule has 3 fully saturated rings. The van der Waals surface area contributed by atoms with E-state index in [1.54, 1.807) is 14.8 Å². The maximum atomic E-state index is 13.4. The molecular weight excluding hydrogens is 452 g/mol. The molecule has 8 nitrogen and oxygen atoms in total. The molecule has 34 heavy (non-hydrogen) atoms. The highest BCUT2D eigenvalue weighted by atomic mass is 32.2. The maximum Gasteiger partial charge on any atom is 0.282 e. The highest BCUT2D eigenvalue weighted by Gasteiger charge is 2.48. The second-order valence-electron chi connectivity index (χ2n) is 9.88. The molecule has 9 heteroatoms. The Morgan fingerprint density at radius 2 is 1.88 bits per heavy atom. The zero-order valence-corrected chi connectivity index (χ0v) is 20.0. The lowest BCUT2D eigenvalue weighted by atomic mass is 9.90. The van der Waals surface area contributed by atoms with E-state index in [-0.39, 0.29) is 12.5 Å². The molecule has 1 spiro atoms. The second-order valence-corrected chi connectivity index (χ2v) is 11.8. The summed E-state index contributed by atoms with van der Waals surface area (Å²) in [4.78, 5) is 18.6. The highest BCUT2D eigenvalue weighted by molar-refractivity contribution is 7.86. The highest BCUT2D eigenvalue weighted by Crippen LogP contribution is 2.37. The molecule has 0 radical (unpaired) electrons. The Bertz CT molecular complexity index is 1250. The molecule has 1 aromatic heterocycles. The van der Waals surface area contributed by atoms with E-state index in [1.165, 1.54) is 0 Å². The molecule has 2 saturated heterocycles. The lowest BCUT2D eigenvalue weighted by Crippen LogP contribution is -2.60. The van der Waals surface area contributed by atoms with Crippen LogP contribution in [0.5, 0.6) is 0 Å². The summed E-state index contributed by atoms with van der Waals surface area (Å²) in [6.07, 6.45) is 7.89. The molecule has 4 aliphatic rings. The van der Waals surface area contributed by atoms with Gasteiger partial charge in [-0.05, 0) is 55.4 Å². The average molecular weight is 483 g/mol. The molecule has 0 atom stereocenters. The van der Waals surface area contributed by atoms with Crippen LogP contribution in [-0.2, 0) is 19.7 Å². The maximum absolute atomic E-state index is 13.4. The minimum atomic E-state index is -3.54. The predicted octanol–water partition coefficient (Wildman–Crippen LogP) is 2.42. The van der Waals surface area contributed by atoms with Gasteiger partial charge in [0.15, 0.2) is 0 Å². The Kier molecular flexibility index (Phi) is 5.48. The van der Waals surface area contributed by atoms with E-state index < -0.39 is 15.8 Å². The van der Waals surface area contributed by atoms with Gasteiger partial charge in [-0.15, -0.1) is 0 Å². The first-order chi connectivity index (χ1) is 16.4. The summed E-state index contributed by atoms with van der Waals surface area (Å²) in [5.41, 5.74) is 2.82. The topological polar surface area (TPSA) is 83.0 Å². The van der Waals surface area contributed by atoms with Crippen molar-refractivity contribution >= 4 is 32.6 Å². The summed E-state index contributed by atoms with van der Waals surface area (Å²) >= 11 is 0. The quantitative estimate of drug-likeness (QED) is 0.669. The lowest BCUT2D eigenvalue weighted by Gasteiger charge is -2.47. The van der Waals surface area contributed by atoms with Gasteiger partial charge in [0.1, 0.15) is 6.61 Å². The van der Waals surface area contributed by atoms with E-state index in [2.05, 4.69) is 23.2 Å². The summed E-state index contributed by atoms with van der Waals surface area (Å²) in [6, 6.07) is 10.6. The largest absolute Gasteiger partial charge is 0.363 e. The standard InChI is InChI=1S/C25H30N4O4S/c30-24-17-33-25(18-29(24)22-5-6-22)9-14-28(15-10-25)34(31,32)27-12-7-19(8-13-27)21-4-3-20-2-1-11-26-23(20)16-21/h1-4,7,11,16,22H,5-6,8-10,12-15,17-18H2. The molecule has 6 rings (SSSR count). The minimum Gasteiger partial charge on any atom is -0.363 e. The van der Waals surface area contributed by atoms with Crippen LogP contribution in [0.15, 0.2) is 42.6 Å². The molecule has 0 N–H and O–H groups in total. The van der Waals surface area contributed by atoms with Crippen molar-refractivity contribution in [2.24, 2.45) is 0 Å². The van der Waals surface area contributed by atoms with Crippen LogP contribution in [0.4, 0.5) is 0 Å². The summed E-state index contributed by atoms with van der Waals surface area (Å²) in [5, 5.41) is 1.10. The van der Waals surface area contributed by atoms with Crippen LogP contribution < -0.4 is 0 Å². The van der Waals surface area contributed by atoms with E-state index in [0.717, 1.165) is 34.9 Å². The number of piperidine rings is 1. The minimum absolute atomic E-state index is 0.0706. The van der Waals surface area contributed by atoms with Gasteiger partial charge in [-0.2, -0.15) is 17.0 Å². The predicted molar refractivity (Wildman–Crippen MR) is 129 cm³/mol. The number of hydrogen-bond acceptors (Lipinski definition) is 5. The fourth-order valence-electron chi connectivity index (χ4n) is 5.44. The van der Waals surface area contributed by atoms with Gasteiger partial charge < -0.3 is 9.64 Å². The Labute approximate surface area is 200 Å². The molecule has 1 aromatic carbocycles. The number of pyridine rings is 1.